The summed E-state index contributed by atoms with van der Waals surface area (Å²) in [7, 11) is 4.09. The highest BCUT2D eigenvalue weighted by molar-refractivity contribution is 5.47. The van der Waals surface area contributed by atoms with Gasteiger partial charge in [-0.05, 0) is 26.5 Å². The lowest BCUT2D eigenvalue weighted by atomic mass is 10.1. The molecule has 1 aromatic rings. The predicted octanol–water partition coefficient (Wildman–Crippen LogP) is 2.60. The molecule has 3 nitrogen and oxygen atoms in total. The normalized spacial score (nSPS) is 12.5. The molecule has 90 valence electrons. The van der Waals surface area contributed by atoms with Crippen molar-refractivity contribution in [2.75, 3.05) is 25.5 Å². The van der Waals surface area contributed by atoms with Crippen LogP contribution >= 0.6 is 0 Å². The molecule has 0 saturated heterocycles. The van der Waals surface area contributed by atoms with Crippen molar-refractivity contribution in [2.24, 2.45) is 0 Å². The first kappa shape index (κ1) is 13.0. The molecule has 0 radical (unpaired) electrons. The number of anilines is 1. The van der Waals surface area contributed by atoms with Crippen LogP contribution in [-0.2, 0) is 0 Å². The lowest BCUT2D eigenvalue weighted by Gasteiger charge is -2.23. The molecule has 0 aromatic carbocycles. The number of hydrogen-bond donors (Lipinski definition) is 1. The van der Waals surface area contributed by atoms with E-state index in [0.717, 1.165) is 12.4 Å². The fourth-order valence-corrected chi connectivity index (χ4v) is 1.72. The lowest BCUT2D eigenvalue weighted by molar-refractivity contribution is 0.644. The second-order valence-electron chi connectivity index (χ2n) is 4.20. The third kappa shape index (κ3) is 3.20. The van der Waals surface area contributed by atoms with E-state index in [1.807, 2.05) is 19.3 Å². The molecule has 1 aromatic heterocycles. The van der Waals surface area contributed by atoms with Gasteiger partial charge in [-0.3, -0.25) is 0 Å². The molecule has 16 heavy (non-hydrogen) atoms. The largest absolute Gasteiger partial charge is 0.359 e. The van der Waals surface area contributed by atoms with E-state index in [9.17, 15) is 0 Å². The van der Waals surface area contributed by atoms with E-state index in [1.165, 1.54) is 18.4 Å². The van der Waals surface area contributed by atoms with E-state index in [-0.39, 0.29) is 0 Å². The van der Waals surface area contributed by atoms with Gasteiger partial charge in [-0.25, -0.2) is 4.98 Å². The summed E-state index contributed by atoms with van der Waals surface area (Å²) in [6.07, 6.45) is 4.29. The molecule has 1 unspecified atom stereocenters. The van der Waals surface area contributed by atoms with Crippen LogP contribution in [0.3, 0.4) is 0 Å². The molecule has 0 bridgehead atoms. The second kappa shape index (κ2) is 6.48. The van der Waals surface area contributed by atoms with Gasteiger partial charge in [0.15, 0.2) is 0 Å². The summed E-state index contributed by atoms with van der Waals surface area (Å²) in [5.74, 6) is 1.10. The monoisotopic (exact) mass is 221 g/mol. The van der Waals surface area contributed by atoms with Crippen molar-refractivity contribution < 1.29 is 0 Å². The van der Waals surface area contributed by atoms with Crippen LogP contribution < -0.4 is 10.2 Å². The zero-order valence-corrected chi connectivity index (χ0v) is 10.8. The summed E-state index contributed by atoms with van der Waals surface area (Å²) in [5, 5.41) is 3.27. The number of hydrogen-bond acceptors (Lipinski definition) is 3. The Morgan fingerprint density at radius 1 is 1.50 bits per heavy atom. The van der Waals surface area contributed by atoms with Crippen LogP contribution in [0.1, 0.15) is 38.3 Å². The molecule has 0 amide bonds. The van der Waals surface area contributed by atoms with Crippen LogP contribution in [0.4, 0.5) is 5.82 Å². The molecule has 0 fully saturated rings. The van der Waals surface area contributed by atoms with Gasteiger partial charge in [-0.15, -0.1) is 0 Å². The maximum Gasteiger partial charge on any atom is 0.133 e. The predicted molar refractivity (Wildman–Crippen MR) is 69.9 cm³/mol. The van der Waals surface area contributed by atoms with Gasteiger partial charge in [0.2, 0.25) is 0 Å². The Morgan fingerprint density at radius 2 is 2.25 bits per heavy atom. The van der Waals surface area contributed by atoms with Crippen LogP contribution in [0.2, 0.25) is 0 Å². The number of pyridine rings is 1. The molecule has 0 aliphatic rings. The van der Waals surface area contributed by atoms with Crippen LogP contribution in [0, 0.1) is 0 Å². The Balaban J connectivity index is 2.85. The van der Waals surface area contributed by atoms with E-state index in [1.54, 1.807) is 0 Å². The fourth-order valence-electron chi connectivity index (χ4n) is 1.72. The van der Waals surface area contributed by atoms with Crippen molar-refractivity contribution in [2.45, 2.75) is 32.7 Å². The Morgan fingerprint density at radius 3 is 2.88 bits per heavy atom. The summed E-state index contributed by atoms with van der Waals surface area (Å²) in [6.45, 7) is 5.44. The first-order valence-corrected chi connectivity index (χ1v) is 6.04. The Labute approximate surface area is 98.9 Å². The number of aromatic nitrogens is 1. The molecule has 0 aliphatic carbocycles. The number of rotatable bonds is 6. The van der Waals surface area contributed by atoms with Gasteiger partial charge < -0.3 is 10.2 Å². The van der Waals surface area contributed by atoms with Crippen LogP contribution in [-0.4, -0.2) is 25.6 Å². The van der Waals surface area contributed by atoms with Crippen molar-refractivity contribution >= 4 is 5.82 Å². The number of nitrogens with one attached hydrogen (secondary N) is 1. The summed E-state index contributed by atoms with van der Waals surface area (Å²) >= 11 is 0. The molecule has 1 rings (SSSR count). The average molecular weight is 221 g/mol. The fraction of sp³-hybridized carbons (Fsp3) is 0.615. The van der Waals surface area contributed by atoms with Crippen LogP contribution in [0.5, 0.6) is 0 Å². The minimum atomic E-state index is 0.341. The first-order chi connectivity index (χ1) is 7.70. The van der Waals surface area contributed by atoms with Crippen LogP contribution in [0.25, 0.3) is 0 Å². The zero-order valence-electron chi connectivity index (χ0n) is 10.8. The van der Waals surface area contributed by atoms with E-state index < -0.39 is 0 Å². The Bertz CT molecular complexity index is 312. The maximum absolute atomic E-state index is 4.49. The van der Waals surface area contributed by atoms with Gasteiger partial charge in [0.25, 0.3) is 0 Å². The molecule has 0 spiro atoms. The minimum absolute atomic E-state index is 0.341. The highest BCUT2D eigenvalue weighted by Crippen LogP contribution is 2.22. The topological polar surface area (TPSA) is 28.2 Å². The first-order valence-electron chi connectivity index (χ1n) is 6.04. The highest BCUT2D eigenvalue weighted by atomic mass is 15.2. The molecule has 1 N–H and O–H groups in total. The SMILES string of the molecule is CCCCN(C)c1ncccc1C(C)NC. The number of unbranched alkanes of at least 4 members (excludes halogenated alkanes) is 1. The minimum Gasteiger partial charge on any atom is -0.359 e. The average Bonchev–Trinajstić information content (AvgIpc) is 2.35. The Hall–Kier alpha value is -1.09. The molecule has 1 atom stereocenters. The summed E-state index contributed by atoms with van der Waals surface area (Å²) in [4.78, 5) is 6.73. The van der Waals surface area contributed by atoms with Gasteiger partial charge in [0, 0.05) is 31.4 Å². The van der Waals surface area contributed by atoms with E-state index in [2.05, 4.69) is 42.2 Å². The summed E-state index contributed by atoms with van der Waals surface area (Å²) in [6, 6.07) is 4.49. The van der Waals surface area contributed by atoms with E-state index in [0.29, 0.717) is 6.04 Å². The van der Waals surface area contributed by atoms with Gasteiger partial charge in [0.1, 0.15) is 5.82 Å². The molecule has 1 heterocycles. The summed E-state index contributed by atoms with van der Waals surface area (Å²) in [5.41, 5.74) is 1.27. The second-order valence-corrected chi connectivity index (χ2v) is 4.20. The third-order valence-corrected chi connectivity index (χ3v) is 2.93. The standard InChI is InChI=1S/C13H23N3/c1-5-6-10-16(4)13-12(11(2)14-3)8-7-9-15-13/h7-9,11,14H,5-6,10H2,1-4H3. The highest BCUT2D eigenvalue weighted by Gasteiger charge is 2.12. The lowest BCUT2D eigenvalue weighted by Crippen LogP contribution is -2.23. The smallest absolute Gasteiger partial charge is 0.133 e. The van der Waals surface area contributed by atoms with Crippen molar-refractivity contribution in [3.63, 3.8) is 0 Å². The molecular formula is C13H23N3. The quantitative estimate of drug-likeness (QED) is 0.800. The van der Waals surface area contributed by atoms with Crippen molar-refractivity contribution in [3.8, 4) is 0 Å². The van der Waals surface area contributed by atoms with Gasteiger partial charge in [-0.1, -0.05) is 19.4 Å². The molecule has 0 saturated carbocycles. The molecular weight excluding hydrogens is 198 g/mol. The van der Waals surface area contributed by atoms with Crippen molar-refractivity contribution in [1.29, 1.82) is 0 Å². The third-order valence-electron chi connectivity index (χ3n) is 2.93. The summed E-state index contributed by atoms with van der Waals surface area (Å²) < 4.78 is 0. The van der Waals surface area contributed by atoms with Gasteiger partial charge in [-0.2, -0.15) is 0 Å². The van der Waals surface area contributed by atoms with Gasteiger partial charge in [0.05, 0.1) is 0 Å². The van der Waals surface area contributed by atoms with Crippen molar-refractivity contribution in [3.05, 3.63) is 23.9 Å². The number of nitrogens with zero attached hydrogens (tertiary/aromatic N) is 2. The van der Waals surface area contributed by atoms with Gasteiger partial charge >= 0.3 is 0 Å². The van der Waals surface area contributed by atoms with E-state index >= 15 is 0 Å². The molecule has 0 aliphatic heterocycles. The van der Waals surface area contributed by atoms with Crippen molar-refractivity contribution in [1.82, 2.24) is 10.3 Å². The van der Waals surface area contributed by atoms with E-state index in [4.69, 9.17) is 0 Å². The zero-order chi connectivity index (χ0) is 12.0. The maximum atomic E-state index is 4.49. The van der Waals surface area contributed by atoms with Crippen LogP contribution in [0.15, 0.2) is 18.3 Å². The molecule has 3 heteroatoms. The Kier molecular flexibility index (Phi) is 5.26.